The third kappa shape index (κ3) is 3.28. The Bertz CT molecular complexity index is 663. The summed E-state index contributed by atoms with van der Waals surface area (Å²) in [5, 5.41) is 0.803. The molecule has 0 fully saturated rings. The van der Waals surface area contributed by atoms with Gasteiger partial charge in [-0.3, -0.25) is 4.98 Å². The lowest BCUT2D eigenvalue weighted by Crippen LogP contribution is -2.29. The molecule has 0 aliphatic carbocycles. The van der Waals surface area contributed by atoms with Crippen molar-refractivity contribution in [1.82, 2.24) is 9.71 Å². The normalized spacial score (nSPS) is 13.6. The molecule has 0 saturated carbocycles. The van der Waals surface area contributed by atoms with E-state index < -0.39 is 10.0 Å². The van der Waals surface area contributed by atoms with Crippen molar-refractivity contribution in [2.75, 3.05) is 6.54 Å². The summed E-state index contributed by atoms with van der Waals surface area (Å²) in [6.45, 7) is 2.16. The minimum atomic E-state index is -3.55. The van der Waals surface area contributed by atoms with Gasteiger partial charge in [0.1, 0.15) is 4.90 Å². The molecule has 5 nitrogen and oxygen atoms in total. The maximum absolute atomic E-state index is 12.2. The summed E-state index contributed by atoms with van der Waals surface area (Å²) in [6, 6.07) is 8.69. The number of pyridine rings is 1. The highest BCUT2D eigenvalue weighted by molar-refractivity contribution is 7.89. The highest BCUT2D eigenvalue weighted by Crippen LogP contribution is 2.20. The number of hydrogen-bond acceptors (Lipinski definition) is 4. The SMILES string of the molecule is CC(N)CCNS(=O)(=O)c1cccc2cccnc12. The van der Waals surface area contributed by atoms with Gasteiger partial charge in [-0.05, 0) is 25.5 Å². The number of nitrogens with zero attached hydrogens (tertiary/aromatic N) is 1. The van der Waals surface area contributed by atoms with Crippen LogP contribution >= 0.6 is 0 Å². The first-order valence-electron chi connectivity index (χ1n) is 6.10. The first kappa shape index (κ1) is 13.9. The lowest BCUT2D eigenvalue weighted by molar-refractivity contribution is 0.572. The lowest BCUT2D eigenvalue weighted by Gasteiger charge is -2.10. The van der Waals surface area contributed by atoms with Gasteiger partial charge in [0.05, 0.1) is 5.52 Å². The second-order valence-corrected chi connectivity index (χ2v) is 6.23. The molecule has 1 aromatic carbocycles. The summed E-state index contributed by atoms with van der Waals surface area (Å²) >= 11 is 0. The standard InChI is InChI=1S/C13H17N3O2S/c1-10(14)7-9-16-19(17,18)12-6-2-4-11-5-3-8-15-13(11)12/h2-6,8,10,16H,7,9,14H2,1H3. The monoisotopic (exact) mass is 279 g/mol. The van der Waals surface area contributed by atoms with Crippen LogP contribution in [-0.2, 0) is 10.0 Å². The Balaban J connectivity index is 2.33. The van der Waals surface area contributed by atoms with Crippen LogP contribution in [0, 0.1) is 0 Å². The van der Waals surface area contributed by atoms with Gasteiger partial charge >= 0.3 is 0 Å². The average Bonchev–Trinajstić information content (AvgIpc) is 2.37. The van der Waals surface area contributed by atoms with Crippen molar-refractivity contribution in [3.05, 3.63) is 36.5 Å². The van der Waals surface area contributed by atoms with Crippen LogP contribution in [0.3, 0.4) is 0 Å². The molecular weight excluding hydrogens is 262 g/mol. The molecule has 0 saturated heterocycles. The van der Waals surface area contributed by atoms with E-state index in [-0.39, 0.29) is 10.9 Å². The summed E-state index contributed by atoms with van der Waals surface area (Å²) in [5.41, 5.74) is 6.09. The molecule has 1 heterocycles. The Morgan fingerprint density at radius 2 is 2.05 bits per heavy atom. The topological polar surface area (TPSA) is 85.1 Å². The van der Waals surface area contributed by atoms with Crippen LogP contribution in [-0.4, -0.2) is 26.0 Å². The van der Waals surface area contributed by atoms with Crippen LogP contribution in [0.25, 0.3) is 10.9 Å². The van der Waals surface area contributed by atoms with Gasteiger partial charge in [-0.1, -0.05) is 18.2 Å². The number of benzene rings is 1. The molecule has 0 amide bonds. The first-order valence-corrected chi connectivity index (χ1v) is 7.58. The molecule has 0 aliphatic heterocycles. The predicted octanol–water partition coefficient (Wildman–Crippen LogP) is 1.25. The summed E-state index contributed by atoms with van der Waals surface area (Å²) in [4.78, 5) is 4.35. The molecule has 1 aromatic heterocycles. The fraction of sp³-hybridized carbons (Fsp3) is 0.308. The fourth-order valence-corrected chi connectivity index (χ4v) is 3.02. The molecule has 0 spiro atoms. The van der Waals surface area contributed by atoms with Gasteiger partial charge in [0, 0.05) is 24.2 Å². The molecule has 6 heteroatoms. The quantitative estimate of drug-likeness (QED) is 0.862. The Morgan fingerprint density at radius 1 is 1.32 bits per heavy atom. The maximum Gasteiger partial charge on any atom is 0.242 e. The summed E-state index contributed by atoms with van der Waals surface area (Å²) < 4.78 is 27.0. The number of sulfonamides is 1. The van der Waals surface area contributed by atoms with Gasteiger partial charge in [0.2, 0.25) is 10.0 Å². The van der Waals surface area contributed by atoms with E-state index in [1.165, 1.54) is 0 Å². The summed E-state index contributed by atoms with van der Waals surface area (Å²) in [7, 11) is -3.55. The van der Waals surface area contributed by atoms with Gasteiger partial charge in [0.25, 0.3) is 0 Å². The van der Waals surface area contributed by atoms with E-state index in [4.69, 9.17) is 5.73 Å². The minimum absolute atomic E-state index is 0.0339. The molecule has 19 heavy (non-hydrogen) atoms. The van der Waals surface area contributed by atoms with Crippen LogP contribution in [0.4, 0.5) is 0 Å². The second-order valence-electron chi connectivity index (χ2n) is 4.50. The van der Waals surface area contributed by atoms with E-state index in [9.17, 15) is 8.42 Å². The third-order valence-electron chi connectivity index (χ3n) is 2.78. The molecule has 0 bridgehead atoms. The Morgan fingerprint density at radius 3 is 2.79 bits per heavy atom. The highest BCUT2D eigenvalue weighted by Gasteiger charge is 2.17. The maximum atomic E-state index is 12.2. The molecule has 1 unspecified atom stereocenters. The van der Waals surface area contributed by atoms with E-state index in [0.717, 1.165) is 5.39 Å². The van der Waals surface area contributed by atoms with Crippen molar-refractivity contribution in [2.24, 2.45) is 5.73 Å². The van der Waals surface area contributed by atoms with Crippen molar-refractivity contribution in [2.45, 2.75) is 24.3 Å². The number of para-hydroxylation sites is 1. The van der Waals surface area contributed by atoms with Crippen LogP contribution in [0.1, 0.15) is 13.3 Å². The van der Waals surface area contributed by atoms with E-state index in [2.05, 4.69) is 9.71 Å². The van der Waals surface area contributed by atoms with E-state index in [1.54, 1.807) is 24.4 Å². The number of rotatable bonds is 5. The van der Waals surface area contributed by atoms with Gasteiger partial charge in [-0.2, -0.15) is 0 Å². The zero-order valence-corrected chi connectivity index (χ0v) is 11.5. The number of nitrogens with two attached hydrogens (primary N) is 1. The summed E-state index contributed by atoms with van der Waals surface area (Å²) in [5.74, 6) is 0. The van der Waals surface area contributed by atoms with E-state index in [1.807, 2.05) is 19.1 Å². The van der Waals surface area contributed by atoms with Crippen LogP contribution in [0.5, 0.6) is 0 Å². The van der Waals surface area contributed by atoms with Gasteiger partial charge in [-0.15, -0.1) is 0 Å². The van der Waals surface area contributed by atoms with Gasteiger partial charge < -0.3 is 5.73 Å². The molecule has 2 aromatic rings. The largest absolute Gasteiger partial charge is 0.328 e. The highest BCUT2D eigenvalue weighted by atomic mass is 32.2. The number of fused-ring (bicyclic) bond motifs is 1. The smallest absolute Gasteiger partial charge is 0.242 e. The van der Waals surface area contributed by atoms with Gasteiger partial charge in [0.15, 0.2) is 0 Å². The predicted molar refractivity (Wildman–Crippen MR) is 75.2 cm³/mol. The summed E-state index contributed by atoms with van der Waals surface area (Å²) in [6.07, 6.45) is 2.18. The molecule has 1 atom stereocenters. The third-order valence-corrected chi connectivity index (χ3v) is 4.27. The lowest BCUT2D eigenvalue weighted by atomic mass is 10.2. The van der Waals surface area contributed by atoms with Crippen molar-refractivity contribution < 1.29 is 8.42 Å². The van der Waals surface area contributed by atoms with Crippen LogP contribution in [0.15, 0.2) is 41.4 Å². The van der Waals surface area contributed by atoms with Crippen molar-refractivity contribution >= 4 is 20.9 Å². The van der Waals surface area contributed by atoms with Crippen LogP contribution < -0.4 is 10.5 Å². The molecule has 2 rings (SSSR count). The first-order chi connectivity index (χ1) is 9.00. The molecule has 102 valence electrons. The molecule has 0 radical (unpaired) electrons. The van der Waals surface area contributed by atoms with E-state index >= 15 is 0 Å². The minimum Gasteiger partial charge on any atom is -0.328 e. The molecular formula is C13H17N3O2S. The number of hydrogen-bond donors (Lipinski definition) is 2. The Hall–Kier alpha value is -1.50. The zero-order valence-electron chi connectivity index (χ0n) is 10.7. The van der Waals surface area contributed by atoms with Crippen molar-refractivity contribution in [1.29, 1.82) is 0 Å². The molecule has 0 aliphatic rings. The Labute approximate surface area is 112 Å². The second kappa shape index (κ2) is 5.64. The Kier molecular flexibility index (Phi) is 4.14. The van der Waals surface area contributed by atoms with Crippen molar-refractivity contribution in [3.8, 4) is 0 Å². The van der Waals surface area contributed by atoms with Crippen molar-refractivity contribution in [3.63, 3.8) is 0 Å². The number of nitrogens with one attached hydrogen (secondary N) is 1. The zero-order chi connectivity index (χ0) is 13.9. The fourth-order valence-electron chi connectivity index (χ4n) is 1.79. The number of aromatic nitrogens is 1. The van der Waals surface area contributed by atoms with Crippen LogP contribution in [0.2, 0.25) is 0 Å². The van der Waals surface area contributed by atoms with E-state index in [0.29, 0.717) is 18.5 Å². The van der Waals surface area contributed by atoms with Gasteiger partial charge in [-0.25, -0.2) is 13.1 Å². The molecule has 3 N–H and O–H groups in total. The average molecular weight is 279 g/mol.